The number of phenolic OH excluding ortho intramolecular Hbond substituents is 1. The lowest BCUT2D eigenvalue weighted by atomic mass is 9.90. The first-order valence-electron chi connectivity index (χ1n) is 10.1. The number of fused-ring (bicyclic) bond motifs is 4. The number of ether oxygens (including phenoxy) is 4. The molecule has 5 nitrogen and oxygen atoms in total. The van der Waals surface area contributed by atoms with Gasteiger partial charge >= 0.3 is 0 Å². The third kappa shape index (κ3) is 4.10. The van der Waals surface area contributed by atoms with Gasteiger partial charge in [0.1, 0.15) is 17.2 Å². The highest BCUT2D eigenvalue weighted by Crippen LogP contribution is 2.51. The van der Waals surface area contributed by atoms with Crippen molar-refractivity contribution in [2.24, 2.45) is 0 Å². The molecule has 2 atom stereocenters. The summed E-state index contributed by atoms with van der Waals surface area (Å²) >= 11 is 0. The molecule has 5 heteroatoms. The predicted molar refractivity (Wildman–Crippen MR) is 106 cm³/mol. The second-order valence-corrected chi connectivity index (χ2v) is 7.60. The first kappa shape index (κ1) is 19.1. The van der Waals surface area contributed by atoms with Gasteiger partial charge in [0, 0.05) is 20.0 Å². The Kier molecular flexibility index (Phi) is 5.74. The molecule has 1 N–H and O–H groups in total. The number of hydrogen-bond donors (Lipinski definition) is 1. The minimum absolute atomic E-state index is 0.0571. The molecule has 0 aromatic heterocycles. The van der Waals surface area contributed by atoms with E-state index in [0.29, 0.717) is 0 Å². The number of unbranched alkanes of at least 4 members (excludes halogenated alkanes) is 1. The Bertz CT molecular complexity index is 788. The topological polar surface area (TPSA) is 57.2 Å². The predicted octanol–water partition coefficient (Wildman–Crippen LogP) is 5.12. The third-order valence-corrected chi connectivity index (χ3v) is 5.58. The first-order valence-corrected chi connectivity index (χ1v) is 10.1. The van der Waals surface area contributed by atoms with E-state index in [2.05, 4.69) is 12.1 Å². The zero-order valence-electron chi connectivity index (χ0n) is 16.4. The van der Waals surface area contributed by atoms with Gasteiger partial charge in [-0.15, -0.1) is 0 Å². The van der Waals surface area contributed by atoms with Gasteiger partial charge in [-0.1, -0.05) is 18.2 Å². The van der Waals surface area contributed by atoms with Crippen molar-refractivity contribution in [3.05, 3.63) is 53.6 Å². The number of benzene rings is 2. The molecule has 0 unspecified atom stereocenters. The summed E-state index contributed by atoms with van der Waals surface area (Å²) in [6.45, 7) is 0.267. The lowest BCUT2D eigenvalue weighted by molar-refractivity contribution is -0.258. The van der Waals surface area contributed by atoms with Crippen LogP contribution < -0.4 is 9.47 Å². The molecule has 2 aliphatic rings. The summed E-state index contributed by atoms with van der Waals surface area (Å²) < 4.78 is 22.9. The van der Waals surface area contributed by atoms with Crippen molar-refractivity contribution in [3.63, 3.8) is 0 Å². The maximum absolute atomic E-state index is 10.2. The van der Waals surface area contributed by atoms with Crippen molar-refractivity contribution in [1.82, 2.24) is 0 Å². The van der Waals surface area contributed by atoms with E-state index in [0.717, 1.165) is 62.0 Å². The van der Waals surface area contributed by atoms with Gasteiger partial charge in [0.2, 0.25) is 5.79 Å². The molecule has 0 saturated carbocycles. The molecule has 2 aromatic carbocycles. The summed E-state index contributed by atoms with van der Waals surface area (Å²) in [5.74, 6) is 1.34. The van der Waals surface area contributed by atoms with Crippen LogP contribution in [0, 0.1) is 0 Å². The van der Waals surface area contributed by atoms with Gasteiger partial charge in [-0.25, -0.2) is 0 Å². The number of methoxy groups -OCH3 is 1. The molecule has 2 bridgehead atoms. The quantitative estimate of drug-likeness (QED) is 0.506. The van der Waals surface area contributed by atoms with Crippen LogP contribution >= 0.6 is 0 Å². The molecule has 2 aliphatic heterocycles. The van der Waals surface area contributed by atoms with Crippen LogP contribution in [0.15, 0.2) is 42.5 Å². The van der Waals surface area contributed by atoms with Gasteiger partial charge < -0.3 is 24.1 Å². The van der Waals surface area contributed by atoms with Crippen molar-refractivity contribution < 1.29 is 24.1 Å². The summed E-state index contributed by atoms with van der Waals surface area (Å²) in [5, 5.41) is 10.2. The molecule has 4 rings (SSSR count). The highest BCUT2D eigenvalue weighted by atomic mass is 16.7. The van der Waals surface area contributed by atoms with Crippen LogP contribution in [-0.4, -0.2) is 24.8 Å². The molecule has 0 amide bonds. The third-order valence-electron chi connectivity index (χ3n) is 5.58. The number of hydrogen-bond acceptors (Lipinski definition) is 5. The molecule has 1 saturated heterocycles. The van der Waals surface area contributed by atoms with Gasteiger partial charge in [-0.05, 0) is 61.9 Å². The Hall–Kier alpha value is -2.24. The molecule has 0 spiro atoms. The summed E-state index contributed by atoms with van der Waals surface area (Å²) in [7, 11) is 1.61. The SMILES string of the molecule is COCOc1ccc(CCCC[C@]23CCC[C@H](O2)c2c(O)cccc2O3)cc1. The minimum Gasteiger partial charge on any atom is -0.507 e. The lowest BCUT2D eigenvalue weighted by Gasteiger charge is -2.46. The molecule has 0 aliphatic carbocycles. The fraction of sp³-hybridized carbons (Fsp3) is 0.478. The van der Waals surface area contributed by atoms with E-state index in [1.807, 2.05) is 24.3 Å². The highest BCUT2D eigenvalue weighted by molar-refractivity contribution is 5.47. The summed E-state index contributed by atoms with van der Waals surface area (Å²) in [6.07, 6.45) is 6.83. The summed E-state index contributed by atoms with van der Waals surface area (Å²) in [5.41, 5.74) is 2.11. The van der Waals surface area contributed by atoms with Crippen LogP contribution in [0.25, 0.3) is 0 Å². The minimum atomic E-state index is -0.540. The normalized spacial score (nSPS) is 23.0. The number of aromatic hydroxyl groups is 1. The maximum atomic E-state index is 10.2. The average molecular weight is 384 g/mol. The zero-order valence-corrected chi connectivity index (χ0v) is 16.4. The monoisotopic (exact) mass is 384 g/mol. The Morgan fingerprint density at radius 1 is 1.14 bits per heavy atom. The van der Waals surface area contributed by atoms with Crippen LogP contribution in [0.2, 0.25) is 0 Å². The summed E-state index contributed by atoms with van der Waals surface area (Å²) in [6, 6.07) is 13.7. The van der Waals surface area contributed by atoms with Crippen LogP contribution in [0.5, 0.6) is 17.2 Å². The molecule has 28 heavy (non-hydrogen) atoms. The lowest BCUT2D eigenvalue weighted by Crippen LogP contribution is -2.46. The van der Waals surface area contributed by atoms with Crippen LogP contribution in [-0.2, 0) is 15.9 Å². The van der Waals surface area contributed by atoms with Crippen molar-refractivity contribution in [2.45, 2.75) is 56.8 Å². The summed E-state index contributed by atoms with van der Waals surface area (Å²) in [4.78, 5) is 0. The maximum Gasteiger partial charge on any atom is 0.211 e. The standard InChI is InChI=1S/C23H28O5/c1-25-16-26-18-12-10-17(11-13-18)6-2-3-14-23-15-5-9-21(28-23)22-19(24)7-4-8-20(22)27-23/h4,7-8,10-13,21,24H,2-3,5-6,9,14-16H2,1H3/t21-,23+/m0/s1. The fourth-order valence-electron chi connectivity index (χ4n) is 4.20. The van der Waals surface area contributed by atoms with E-state index in [9.17, 15) is 5.11 Å². The van der Waals surface area contributed by atoms with Crippen molar-refractivity contribution >= 4 is 0 Å². The van der Waals surface area contributed by atoms with Crippen LogP contribution in [0.4, 0.5) is 0 Å². The van der Waals surface area contributed by atoms with E-state index in [-0.39, 0.29) is 18.6 Å². The Balaban J connectivity index is 1.31. The van der Waals surface area contributed by atoms with Crippen molar-refractivity contribution in [1.29, 1.82) is 0 Å². The molecular weight excluding hydrogens is 356 g/mol. The molecular formula is C23H28O5. The fourth-order valence-corrected chi connectivity index (χ4v) is 4.20. The van der Waals surface area contributed by atoms with E-state index in [4.69, 9.17) is 18.9 Å². The van der Waals surface area contributed by atoms with Gasteiger partial charge in [-0.2, -0.15) is 0 Å². The van der Waals surface area contributed by atoms with Gasteiger partial charge in [0.25, 0.3) is 0 Å². The second kappa shape index (κ2) is 8.41. The smallest absolute Gasteiger partial charge is 0.211 e. The van der Waals surface area contributed by atoms with E-state index < -0.39 is 5.79 Å². The molecule has 2 aromatic rings. The van der Waals surface area contributed by atoms with Crippen molar-refractivity contribution in [2.75, 3.05) is 13.9 Å². The van der Waals surface area contributed by atoms with Crippen LogP contribution in [0.1, 0.15) is 55.8 Å². The molecule has 2 heterocycles. The van der Waals surface area contributed by atoms with E-state index >= 15 is 0 Å². The van der Waals surface area contributed by atoms with Crippen molar-refractivity contribution in [3.8, 4) is 17.2 Å². The number of phenols is 1. The van der Waals surface area contributed by atoms with E-state index in [1.165, 1.54) is 5.56 Å². The van der Waals surface area contributed by atoms with Gasteiger partial charge in [-0.3, -0.25) is 0 Å². The zero-order chi connectivity index (χ0) is 19.4. The number of rotatable bonds is 8. The molecule has 150 valence electrons. The average Bonchev–Trinajstić information content (AvgIpc) is 2.70. The molecule has 1 fully saturated rings. The van der Waals surface area contributed by atoms with Crippen LogP contribution in [0.3, 0.4) is 0 Å². The second-order valence-electron chi connectivity index (χ2n) is 7.60. The Labute approximate surface area is 166 Å². The van der Waals surface area contributed by atoms with Gasteiger partial charge in [0.05, 0.1) is 11.7 Å². The highest BCUT2D eigenvalue weighted by Gasteiger charge is 2.45. The Morgan fingerprint density at radius 3 is 2.82 bits per heavy atom. The number of aryl methyl sites for hydroxylation is 1. The first-order chi connectivity index (χ1) is 13.7. The largest absolute Gasteiger partial charge is 0.507 e. The van der Waals surface area contributed by atoms with Gasteiger partial charge in [0.15, 0.2) is 6.79 Å². The van der Waals surface area contributed by atoms with E-state index in [1.54, 1.807) is 13.2 Å². The molecule has 0 radical (unpaired) electrons. The Morgan fingerprint density at radius 2 is 2.00 bits per heavy atom.